The molecular weight excluding hydrogens is 333 g/mol. The molecule has 2 aromatic rings. The third kappa shape index (κ3) is 3.69. The molecule has 5 nitrogen and oxygen atoms in total. The fraction of sp³-hybridized carbons (Fsp3) is 0.450. The van der Waals surface area contributed by atoms with Crippen molar-refractivity contribution in [3.05, 3.63) is 41.8 Å². The van der Waals surface area contributed by atoms with E-state index in [9.17, 15) is 9.18 Å². The molecule has 0 radical (unpaired) electrons. The fourth-order valence-electron chi connectivity index (χ4n) is 3.66. The molecule has 0 aliphatic heterocycles. The molecule has 2 fully saturated rings. The highest BCUT2D eigenvalue weighted by Crippen LogP contribution is 2.41. The molecule has 0 unspecified atom stereocenters. The number of carboxylic acid groups (broad SMARTS) is 1. The lowest BCUT2D eigenvalue weighted by Crippen LogP contribution is -2.29. The summed E-state index contributed by atoms with van der Waals surface area (Å²) in [5.74, 6) is -0.417. The molecule has 0 spiro atoms. The van der Waals surface area contributed by atoms with E-state index in [0.717, 1.165) is 18.4 Å². The van der Waals surface area contributed by atoms with Crippen molar-refractivity contribution in [3.63, 3.8) is 0 Å². The molecule has 0 bridgehead atoms. The van der Waals surface area contributed by atoms with Crippen LogP contribution in [0.15, 0.2) is 30.5 Å². The monoisotopic (exact) mass is 355 g/mol. The van der Waals surface area contributed by atoms with Crippen molar-refractivity contribution in [2.24, 2.45) is 5.92 Å². The number of anilines is 1. The van der Waals surface area contributed by atoms with Gasteiger partial charge in [-0.2, -0.15) is 0 Å². The highest BCUT2D eigenvalue weighted by Gasteiger charge is 2.27. The van der Waals surface area contributed by atoms with Crippen LogP contribution in [0.5, 0.6) is 0 Å². The molecule has 1 heterocycles. The van der Waals surface area contributed by atoms with Crippen LogP contribution in [-0.2, 0) is 4.79 Å². The van der Waals surface area contributed by atoms with Crippen LogP contribution >= 0.6 is 0 Å². The molecule has 26 heavy (non-hydrogen) atoms. The summed E-state index contributed by atoms with van der Waals surface area (Å²) in [6.45, 7) is 0. The van der Waals surface area contributed by atoms with Gasteiger partial charge >= 0.3 is 5.97 Å². The molecule has 2 saturated carbocycles. The first-order valence-corrected chi connectivity index (χ1v) is 9.22. The summed E-state index contributed by atoms with van der Waals surface area (Å²) < 4.78 is 14.3. The Balaban J connectivity index is 1.50. The lowest BCUT2D eigenvalue weighted by molar-refractivity contribution is -0.142. The van der Waals surface area contributed by atoms with Crippen LogP contribution in [0.3, 0.4) is 0 Å². The molecule has 6 heteroatoms. The summed E-state index contributed by atoms with van der Waals surface area (Å²) in [6.07, 6.45) is 6.39. The number of nitrogens with one attached hydrogen (secondary N) is 1. The van der Waals surface area contributed by atoms with Crippen molar-refractivity contribution in [3.8, 4) is 11.3 Å². The van der Waals surface area contributed by atoms with Gasteiger partial charge in [0, 0.05) is 11.6 Å². The third-order valence-corrected chi connectivity index (χ3v) is 5.36. The minimum absolute atomic E-state index is 0.127. The van der Waals surface area contributed by atoms with Gasteiger partial charge in [0.05, 0.1) is 12.1 Å². The summed E-state index contributed by atoms with van der Waals surface area (Å²) >= 11 is 0. The van der Waals surface area contributed by atoms with Crippen molar-refractivity contribution in [2.45, 2.75) is 50.5 Å². The van der Waals surface area contributed by atoms with Gasteiger partial charge in [0.25, 0.3) is 0 Å². The number of hydrogen-bond donors (Lipinski definition) is 2. The Bertz CT molecular complexity index is 814. The fourth-order valence-corrected chi connectivity index (χ4v) is 3.66. The molecule has 0 saturated heterocycles. The van der Waals surface area contributed by atoms with Gasteiger partial charge in [0.2, 0.25) is 5.95 Å². The van der Waals surface area contributed by atoms with Gasteiger partial charge in [-0.25, -0.2) is 14.4 Å². The second kappa shape index (κ2) is 7.02. The number of hydrogen-bond acceptors (Lipinski definition) is 4. The molecule has 1 aromatic carbocycles. The van der Waals surface area contributed by atoms with E-state index in [4.69, 9.17) is 5.11 Å². The van der Waals surface area contributed by atoms with E-state index in [2.05, 4.69) is 21.4 Å². The van der Waals surface area contributed by atoms with Gasteiger partial charge in [-0.3, -0.25) is 4.79 Å². The molecule has 1 aromatic heterocycles. The molecule has 2 aliphatic carbocycles. The van der Waals surface area contributed by atoms with Gasteiger partial charge in [-0.15, -0.1) is 0 Å². The van der Waals surface area contributed by atoms with Crippen LogP contribution in [0.25, 0.3) is 11.3 Å². The predicted octanol–water partition coefficient (Wildman–Crippen LogP) is 4.22. The highest BCUT2D eigenvalue weighted by atomic mass is 19.1. The highest BCUT2D eigenvalue weighted by molar-refractivity contribution is 5.70. The minimum atomic E-state index is -0.723. The first kappa shape index (κ1) is 16.9. The maximum Gasteiger partial charge on any atom is 0.306 e. The van der Waals surface area contributed by atoms with E-state index in [0.29, 0.717) is 30.4 Å². The van der Waals surface area contributed by atoms with Gasteiger partial charge in [-0.05, 0) is 56.1 Å². The van der Waals surface area contributed by atoms with Crippen LogP contribution < -0.4 is 5.32 Å². The van der Waals surface area contributed by atoms with E-state index in [1.165, 1.54) is 24.6 Å². The average Bonchev–Trinajstić information content (AvgIpc) is 3.49. The Kier molecular flexibility index (Phi) is 4.57. The molecule has 2 aliphatic rings. The van der Waals surface area contributed by atoms with Crippen molar-refractivity contribution < 1.29 is 14.3 Å². The van der Waals surface area contributed by atoms with E-state index in [1.807, 2.05) is 18.2 Å². The second-order valence-corrected chi connectivity index (χ2v) is 7.32. The average molecular weight is 355 g/mol. The standard InChI is InChI=1S/C20H22FN3O2/c21-17-11-22-20(23-16-8-6-13(7-9-16)19(25)26)24-18(17)15-3-1-2-14(10-15)12-4-5-12/h1-3,10-13,16H,4-9H2,(H,25,26)(H,22,23,24)/t13-,16-. The zero-order valence-corrected chi connectivity index (χ0v) is 14.5. The van der Waals surface area contributed by atoms with E-state index >= 15 is 0 Å². The summed E-state index contributed by atoms with van der Waals surface area (Å²) in [6, 6.07) is 8.05. The number of nitrogens with zero attached hydrogens (tertiary/aromatic N) is 2. The van der Waals surface area contributed by atoms with Gasteiger partial charge in [0.1, 0.15) is 5.69 Å². The first-order valence-electron chi connectivity index (χ1n) is 9.22. The summed E-state index contributed by atoms with van der Waals surface area (Å²) in [4.78, 5) is 19.5. The lowest BCUT2D eigenvalue weighted by Gasteiger charge is -2.26. The quantitative estimate of drug-likeness (QED) is 0.840. The van der Waals surface area contributed by atoms with Crippen molar-refractivity contribution in [2.75, 3.05) is 5.32 Å². The maximum absolute atomic E-state index is 14.3. The maximum atomic E-state index is 14.3. The van der Waals surface area contributed by atoms with Crippen LogP contribution in [0, 0.1) is 11.7 Å². The van der Waals surface area contributed by atoms with E-state index in [1.54, 1.807) is 0 Å². The molecule has 136 valence electrons. The normalized spacial score (nSPS) is 22.8. The lowest BCUT2D eigenvalue weighted by atomic mass is 9.86. The van der Waals surface area contributed by atoms with Gasteiger partial charge in [0.15, 0.2) is 5.82 Å². The van der Waals surface area contributed by atoms with Gasteiger partial charge < -0.3 is 10.4 Å². The van der Waals surface area contributed by atoms with Crippen LogP contribution in [-0.4, -0.2) is 27.1 Å². The van der Waals surface area contributed by atoms with Crippen LogP contribution in [0.2, 0.25) is 0 Å². The van der Waals surface area contributed by atoms with Crippen molar-refractivity contribution >= 4 is 11.9 Å². The zero-order valence-electron chi connectivity index (χ0n) is 14.5. The Hall–Kier alpha value is -2.50. The Labute approximate surface area is 151 Å². The SMILES string of the molecule is O=C(O)[C@H]1CC[C@H](Nc2ncc(F)c(-c3cccc(C4CC4)c3)n2)CC1. The number of aromatic nitrogens is 2. The number of aliphatic carboxylic acids is 1. The minimum Gasteiger partial charge on any atom is -0.481 e. The summed E-state index contributed by atoms with van der Waals surface area (Å²) in [5, 5.41) is 12.3. The molecule has 4 rings (SSSR count). The topological polar surface area (TPSA) is 75.1 Å². The van der Waals surface area contributed by atoms with Crippen LogP contribution in [0.1, 0.15) is 50.0 Å². The largest absolute Gasteiger partial charge is 0.481 e. The molecule has 2 N–H and O–H groups in total. The van der Waals surface area contributed by atoms with Crippen LogP contribution in [0.4, 0.5) is 10.3 Å². The number of halogens is 1. The van der Waals surface area contributed by atoms with E-state index in [-0.39, 0.29) is 12.0 Å². The predicted molar refractivity (Wildman–Crippen MR) is 96.4 cm³/mol. The first-order chi connectivity index (χ1) is 12.6. The Morgan fingerprint density at radius 3 is 2.62 bits per heavy atom. The van der Waals surface area contributed by atoms with Crippen molar-refractivity contribution in [1.29, 1.82) is 0 Å². The molecule has 0 amide bonds. The third-order valence-electron chi connectivity index (χ3n) is 5.36. The summed E-state index contributed by atoms with van der Waals surface area (Å²) in [5.41, 5.74) is 2.32. The second-order valence-electron chi connectivity index (χ2n) is 7.32. The van der Waals surface area contributed by atoms with E-state index < -0.39 is 11.8 Å². The molecule has 0 atom stereocenters. The molecular formula is C20H22FN3O2. The number of benzene rings is 1. The van der Waals surface area contributed by atoms with Crippen molar-refractivity contribution in [1.82, 2.24) is 9.97 Å². The summed E-state index contributed by atoms with van der Waals surface area (Å²) in [7, 11) is 0. The van der Waals surface area contributed by atoms with Gasteiger partial charge in [-0.1, -0.05) is 18.2 Å². The Morgan fingerprint density at radius 1 is 1.15 bits per heavy atom. The smallest absolute Gasteiger partial charge is 0.306 e. The number of rotatable bonds is 5. The number of carboxylic acids is 1. The Morgan fingerprint density at radius 2 is 1.92 bits per heavy atom. The number of carbonyl (C=O) groups is 1. The zero-order chi connectivity index (χ0) is 18.1.